The van der Waals surface area contributed by atoms with Gasteiger partial charge in [-0.25, -0.2) is 14.4 Å². The van der Waals surface area contributed by atoms with E-state index in [9.17, 15) is 23.9 Å². The molecule has 1 aromatic heterocycles. The van der Waals surface area contributed by atoms with Crippen LogP contribution in [0.1, 0.15) is 50.8 Å². The predicted molar refractivity (Wildman–Crippen MR) is 241 cm³/mol. The Bertz CT molecular complexity index is 2120. The van der Waals surface area contributed by atoms with Crippen LogP contribution >= 0.6 is 34.7 Å². The van der Waals surface area contributed by atoms with Crippen molar-refractivity contribution in [2.75, 3.05) is 58.6 Å². The fourth-order valence-electron chi connectivity index (χ4n) is 7.20. The van der Waals surface area contributed by atoms with Crippen molar-refractivity contribution in [1.29, 1.82) is 0 Å². The van der Waals surface area contributed by atoms with Gasteiger partial charge in [0.05, 0.1) is 46.6 Å². The maximum absolute atomic E-state index is 15.0. The predicted octanol–water partition coefficient (Wildman–Crippen LogP) is 5.03. The van der Waals surface area contributed by atoms with Crippen LogP contribution in [-0.4, -0.2) is 132 Å². The van der Waals surface area contributed by atoms with Gasteiger partial charge in [-0.05, 0) is 69.0 Å². The van der Waals surface area contributed by atoms with E-state index in [-0.39, 0.29) is 32.4 Å². The molecule has 2 fully saturated rings. The number of nitrogens with one attached hydrogen (secondary N) is 4. The van der Waals surface area contributed by atoms with Crippen molar-refractivity contribution in [3.8, 4) is 21.9 Å². The molecule has 3 aliphatic rings. The van der Waals surface area contributed by atoms with Crippen LogP contribution in [0, 0.1) is 6.92 Å². The van der Waals surface area contributed by atoms with Gasteiger partial charge in [-0.15, -0.1) is 11.3 Å². The van der Waals surface area contributed by atoms with Gasteiger partial charge in [-0.3, -0.25) is 14.4 Å². The topological polar surface area (TPSA) is 179 Å². The molecule has 1 saturated heterocycles. The van der Waals surface area contributed by atoms with Crippen LogP contribution in [0.25, 0.3) is 10.4 Å². The number of thiazole rings is 1. The van der Waals surface area contributed by atoms with Crippen molar-refractivity contribution in [1.82, 2.24) is 30.7 Å². The van der Waals surface area contributed by atoms with Crippen molar-refractivity contribution in [2.24, 2.45) is 4.99 Å². The van der Waals surface area contributed by atoms with Gasteiger partial charge in [0.2, 0.25) is 11.8 Å². The molecule has 3 amide bonds. The first-order valence-electron chi connectivity index (χ1n) is 20.5. The molecule has 3 heterocycles. The van der Waals surface area contributed by atoms with E-state index in [1.807, 2.05) is 69.1 Å². The second kappa shape index (κ2) is 20.7. The second-order valence-electron chi connectivity index (χ2n) is 15.9. The number of methoxy groups -OCH3 is 1. The number of carbonyl (C=O) groups excluding carboxylic acids is 3. The number of amides is 3. The third-order valence-corrected chi connectivity index (χ3v) is 13.7. The molecule has 1 saturated carbocycles. The minimum absolute atomic E-state index is 0.0410. The summed E-state index contributed by atoms with van der Waals surface area (Å²) in [5.74, 6) is 0.666. The first-order chi connectivity index (χ1) is 29.6. The highest BCUT2D eigenvalue weighted by Gasteiger charge is 2.54. The second-order valence-corrected chi connectivity index (χ2v) is 18.9. The molecular weight excluding hydrogens is 859 g/mol. The summed E-state index contributed by atoms with van der Waals surface area (Å²) < 4.78 is 31.4. The molecule has 2 unspecified atom stereocenters. The lowest BCUT2D eigenvalue weighted by Crippen LogP contribution is -2.61. The summed E-state index contributed by atoms with van der Waals surface area (Å²) in [6, 6.07) is 11.1. The number of nitrogens with zero attached hydrogens (tertiary/aromatic N) is 4. The average Bonchev–Trinajstić information content (AvgIpc) is 3.66. The zero-order valence-electron chi connectivity index (χ0n) is 35.8. The highest BCUT2D eigenvalue weighted by Crippen LogP contribution is 2.41. The Labute approximate surface area is 375 Å². The molecule has 19 heteroatoms. The van der Waals surface area contributed by atoms with Gasteiger partial charge in [0.15, 0.2) is 12.0 Å². The van der Waals surface area contributed by atoms with Gasteiger partial charge in [0.1, 0.15) is 36.0 Å². The minimum atomic E-state index is -2.01. The third-order valence-electron chi connectivity index (χ3n) is 11.0. The van der Waals surface area contributed by atoms with E-state index in [0.717, 1.165) is 33.2 Å². The molecule has 3 aromatic rings. The number of aliphatic hydroxyl groups excluding tert-OH is 1. The van der Waals surface area contributed by atoms with E-state index >= 15 is 0 Å². The number of anilines is 1. The summed E-state index contributed by atoms with van der Waals surface area (Å²) in [6.07, 6.45) is 1.09. The van der Waals surface area contributed by atoms with Crippen LogP contribution in [-0.2, 0) is 25.7 Å². The van der Waals surface area contributed by atoms with Crippen LogP contribution in [0.15, 0.2) is 63.8 Å². The molecule has 0 bridgehead atoms. The maximum Gasteiger partial charge on any atom is 0.258 e. The molecule has 0 spiro atoms. The number of ether oxygens (including phenoxy) is 3. The van der Waals surface area contributed by atoms with E-state index in [0.29, 0.717) is 48.5 Å². The van der Waals surface area contributed by atoms with Gasteiger partial charge >= 0.3 is 0 Å². The molecular formula is C43H56ClFN8O7S2. The number of aromatic nitrogens is 1. The summed E-state index contributed by atoms with van der Waals surface area (Å²) in [5.41, 5.74) is 3.36. The Hall–Kier alpha value is -4.62. The summed E-state index contributed by atoms with van der Waals surface area (Å²) in [4.78, 5) is 54.0. The molecule has 2 aromatic carbocycles. The van der Waals surface area contributed by atoms with Crippen molar-refractivity contribution >= 4 is 64.3 Å². The number of allylic oxidation sites excluding steroid dienone is 1. The van der Waals surface area contributed by atoms with E-state index in [4.69, 9.17) is 25.8 Å². The average molecular weight is 916 g/mol. The van der Waals surface area contributed by atoms with Crippen molar-refractivity contribution in [3.63, 3.8) is 0 Å². The molecule has 62 heavy (non-hydrogen) atoms. The van der Waals surface area contributed by atoms with Crippen molar-refractivity contribution < 1.29 is 38.1 Å². The Balaban J connectivity index is 0.974. The first-order valence-corrected chi connectivity index (χ1v) is 22.8. The Morgan fingerprint density at radius 2 is 1.90 bits per heavy atom. The lowest BCUT2D eigenvalue weighted by molar-refractivity contribution is -0.143. The number of aliphatic imine (C=N–C) groups is 1. The molecule has 5 N–H and O–H groups in total. The summed E-state index contributed by atoms with van der Waals surface area (Å²) in [6.45, 7) is 6.75. The molecule has 1 aliphatic carbocycles. The number of hydrogen-bond donors (Lipinski definition) is 5. The molecule has 0 radical (unpaired) electrons. The lowest BCUT2D eigenvalue weighted by atomic mass is 10.00. The first kappa shape index (κ1) is 46.9. The normalized spacial score (nSPS) is 19.9. The largest absolute Gasteiger partial charge is 0.494 e. The number of likely N-dealkylation sites (tertiary alicyclic amines) is 1. The quantitative estimate of drug-likeness (QED) is 0.0903. The van der Waals surface area contributed by atoms with Crippen LogP contribution in [0.3, 0.4) is 0 Å². The minimum Gasteiger partial charge on any atom is -0.494 e. The highest BCUT2D eigenvalue weighted by atomic mass is 35.5. The maximum atomic E-state index is 15.0. The smallest absolute Gasteiger partial charge is 0.258 e. The van der Waals surface area contributed by atoms with Gasteiger partial charge < -0.3 is 50.4 Å². The van der Waals surface area contributed by atoms with Crippen molar-refractivity contribution in [2.45, 2.75) is 87.9 Å². The van der Waals surface area contributed by atoms with Crippen LogP contribution in [0.5, 0.6) is 11.5 Å². The molecule has 4 atom stereocenters. The summed E-state index contributed by atoms with van der Waals surface area (Å²) in [7, 11) is 5.24. The van der Waals surface area contributed by atoms with Gasteiger partial charge in [-0.2, -0.15) is 11.8 Å². The van der Waals surface area contributed by atoms with E-state index < -0.39 is 52.6 Å². The van der Waals surface area contributed by atoms with E-state index in [2.05, 4.69) is 31.2 Å². The number of aliphatic hydroxyl groups is 1. The van der Waals surface area contributed by atoms with Gasteiger partial charge in [0, 0.05) is 57.2 Å². The fourth-order valence-corrected chi connectivity index (χ4v) is 9.41. The Kier molecular flexibility index (Phi) is 15.7. The zero-order valence-corrected chi connectivity index (χ0v) is 38.2. The highest BCUT2D eigenvalue weighted by molar-refractivity contribution is 8.00. The number of aryl methyl sites for hydroxylation is 1. The fraction of sp³-hybridized carbons (Fsp3) is 0.512. The number of thioether (sulfide) groups is 1. The summed E-state index contributed by atoms with van der Waals surface area (Å²) >= 11 is 9.25. The molecule has 336 valence electrons. The van der Waals surface area contributed by atoms with Gasteiger partial charge in [-0.1, -0.05) is 35.9 Å². The molecule has 15 nitrogen and oxygen atoms in total. The Morgan fingerprint density at radius 3 is 2.58 bits per heavy atom. The zero-order chi connectivity index (χ0) is 44.6. The Morgan fingerprint density at radius 1 is 1.15 bits per heavy atom. The third kappa shape index (κ3) is 11.5. The number of hydrogen-bond acceptors (Lipinski definition) is 14. The number of β-amino-alcohol motifs (C(OH)–C–C–N with tert-alkyl or cyclic N) is 1. The standard InChI is InChI=1S/C43H56ClFN8O7S2/c1-26-35(61-25-49-26)28-10-8-27(9-11-28)22-47-38(55)33-20-29(54)24-53(33)39(56)36(51-40(57)43(45)14-15-43)42(2,3)62-19-7-16-59-17-18-60-30-12-13-32(34(21-30)58-6)50-41-48-23-31(44)37(46-4)52(41)5/h8-13,21,23,25,29,33,36,41,46,50,54H,7,14-20,22,24H2,1-6H3,(H,47,55)(H,51,57)/t29-,33+,36?,41?/m1/s1. The van der Waals surface area contributed by atoms with Crippen molar-refractivity contribution in [3.05, 3.63) is 70.1 Å². The number of rotatable bonds is 21. The molecule has 6 rings (SSSR count). The summed E-state index contributed by atoms with van der Waals surface area (Å²) in [5, 5.41) is 23.2. The SMILES string of the molecule is CNC1=C(Cl)C=NC(Nc2ccc(OCCOCCCSC(C)(C)C(NC(=O)C3(F)CC3)C(=O)N3C[C@H](O)C[C@H]3C(=O)NCc3ccc(-c4scnc4C)cc3)cc2OC)N1C. The lowest BCUT2D eigenvalue weighted by Gasteiger charge is -2.37. The van der Waals surface area contributed by atoms with Crippen LogP contribution in [0.4, 0.5) is 10.1 Å². The van der Waals surface area contributed by atoms with E-state index in [1.54, 1.807) is 43.3 Å². The molecule has 2 aliphatic heterocycles. The van der Waals surface area contributed by atoms with Crippen LogP contribution < -0.4 is 30.7 Å². The number of carbonyl (C=O) groups is 3. The number of benzene rings is 2. The van der Waals surface area contributed by atoms with Crippen LogP contribution in [0.2, 0.25) is 0 Å². The van der Waals surface area contributed by atoms with Gasteiger partial charge in [0.25, 0.3) is 5.91 Å². The number of alkyl halides is 1. The monoisotopic (exact) mass is 914 g/mol. The van der Waals surface area contributed by atoms with E-state index in [1.165, 1.54) is 16.7 Å². The number of halogens is 2.